The fourth-order valence-electron chi connectivity index (χ4n) is 3.61. The predicted octanol–water partition coefficient (Wildman–Crippen LogP) is 5.91. The van der Waals surface area contributed by atoms with E-state index >= 15 is 0 Å². The Hall–Kier alpha value is -2.34. The van der Waals surface area contributed by atoms with E-state index in [1.807, 2.05) is 24.3 Å². The van der Waals surface area contributed by atoms with Crippen molar-refractivity contribution in [1.82, 2.24) is 14.9 Å². The van der Waals surface area contributed by atoms with Crippen LogP contribution in [0.25, 0.3) is 22.2 Å². The molecule has 150 valence electrons. The first-order valence-electron chi connectivity index (χ1n) is 9.79. The van der Waals surface area contributed by atoms with Crippen LogP contribution in [0.2, 0.25) is 0 Å². The summed E-state index contributed by atoms with van der Waals surface area (Å²) < 4.78 is 40.1. The Kier molecular flexibility index (Phi) is 6.39. The SMILES string of the molecule is CCN(CC)CCCCc1ccccc1-c1cc(C(F)(F)F)cc2nc[nH]c12. The molecule has 0 saturated heterocycles. The van der Waals surface area contributed by atoms with Gasteiger partial charge in [-0.1, -0.05) is 38.1 Å². The number of benzene rings is 2. The molecule has 1 N–H and O–H groups in total. The number of halogens is 3. The molecule has 3 nitrogen and oxygen atoms in total. The van der Waals surface area contributed by atoms with E-state index < -0.39 is 11.7 Å². The summed E-state index contributed by atoms with van der Waals surface area (Å²) in [6.45, 7) is 7.43. The van der Waals surface area contributed by atoms with Crippen LogP contribution in [0.5, 0.6) is 0 Å². The van der Waals surface area contributed by atoms with Crippen LogP contribution in [-0.2, 0) is 12.6 Å². The highest BCUT2D eigenvalue weighted by Crippen LogP contribution is 2.37. The van der Waals surface area contributed by atoms with Crippen molar-refractivity contribution in [3.63, 3.8) is 0 Å². The lowest BCUT2D eigenvalue weighted by atomic mass is 9.94. The third kappa shape index (κ3) is 4.55. The van der Waals surface area contributed by atoms with Gasteiger partial charge in [0.1, 0.15) is 0 Å². The van der Waals surface area contributed by atoms with Gasteiger partial charge in [0, 0.05) is 5.56 Å². The van der Waals surface area contributed by atoms with Crippen molar-refractivity contribution >= 4 is 11.0 Å². The molecular weight excluding hydrogens is 363 g/mol. The normalized spacial score (nSPS) is 12.2. The average molecular weight is 389 g/mol. The number of aromatic nitrogens is 2. The molecular formula is C22H26F3N3. The zero-order valence-corrected chi connectivity index (χ0v) is 16.3. The zero-order chi connectivity index (χ0) is 20.1. The van der Waals surface area contributed by atoms with Crippen molar-refractivity contribution in [3.8, 4) is 11.1 Å². The van der Waals surface area contributed by atoms with Gasteiger partial charge in [0.15, 0.2) is 0 Å². The molecule has 0 amide bonds. The summed E-state index contributed by atoms with van der Waals surface area (Å²) in [5.74, 6) is 0. The van der Waals surface area contributed by atoms with Crippen LogP contribution in [0.15, 0.2) is 42.7 Å². The lowest BCUT2D eigenvalue weighted by molar-refractivity contribution is -0.137. The number of nitrogens with one attached hydrogen (secondary N) is 1. The van der Waals surface area contributed by atoms with Crippen LogP contribution in [0.4, 0.5) is 13.2 Å². The van der Waals surface area contributed by atoms with Gasteiger partial charge < -0.3 is 9.88 Å². The Morgan fingerprint density at radius 1 is 1.00 bits per heavy atom. The van der Waals surface area contributed by atoms with Crippen LogP contribution in [0.3, 0.4) is 0 Å². The van der Waals surface area contributed by atoms with Crippen LogP contribution in [0.1, 0.15) is 37.8 Å². The number of aryl methyl sites for hydroxylation is 1. The van der Waals surface area contributed by atoms with Crippen LogP contribution in [0, 0.1) is 0 Å². The predicted molar refractivity (Wildman–Crippen MR) is 107 cm³/mol. The lowest BCUT2D eigenvalue weighted by Gasteiger charge is -2.18. The Morgan fingerprint density at radius 2 is 1.75 bits per heavy atom. The largest absolute Gasteiger partial charge is 0.416 e. The van der Waals surface area contributed by atoms with Crippen molar-refractivity contribution in [1.29, 1.82) is 0 Å². The van der Waals surface area contributed by atoms with Gasteiger partial charge in [0.25, 0.3) is 0 Å². The van der Waals surface area contributed by atoms with Crippen molar-refractivity contribution in [3.05, 3.63) is 53.9 Å². The molecule has 2 aromatic carbocycles. The maximum absolute atomic E-state index is 13.4. The number of hydrogen-bond donors (Lipinski definition) is 1. The molecule has 0 spiro atoms. The Balaban J connectivity index is 1.89. The third-order valence-electron chi connectivity index (χ3n) is 5.23. The minimum atomic E-state index is -4.40. The Morgan fingerprint density at radius 3 is 2.46 bits per heavy atom. The van der Waals surface area contributed by atoms with Gasteiger partial charge in [-0.3, -0.25) is 0 Å². The number of nitrogens with zero attached hydrogens (tertiary/aromatic N) is 2. The summed E-state index contributed by atoms with van der Waals surface area (Å²) in [5, 5.41) is 0. The molecule has 0 fully saturated rings. The van der Waals surface area contributed by atoms with E-state index in [1.165, 1.54) is 12.4 Å². The summed E-state index contributed by atoms with van der Waals surface area (Å²) in [6.07, 6.45) is -0.0540. The van der Waals surface area contributed by atoms with Gasteiger partial charge >= 0.3 is 6.18 Å². The highest BCUT2D eigenvalue weighted by atomic mass is 19.4. The Labute approximate surface area is 163 Å². The van der Waals surface area contributed by atoms with Crippen molar-refractivity contribution < 1.29 is 13.2 Å². The van der Waals surface area contributed by atoms with Crippen LogP contribution >= 0.6 is 0 Å². The molecule has 0 saturated carbocycles. The smallest absolute Gasteiger partial charge is 0.344 e. The van der Waals surface area contributed by atoms with E-state index in [2.05, 4.69) is 28.7 Å². The number of imidazole rings is 1. The second-order valence-electron chi connectivity index (χ2n) is 6.96. The third-order valence-corrected chi connectivity index (χ3v) is 5.23. The summed E-state index contributed by atoms with van der Waals surface area (Å²) in [7, 11) is 0. The summed E-state index contributed by atoms with van der Waals surface area (Å²) >= 11 is 0. The van der Waals surface area contributed by atoms with Crippen molar-refractivity contribution in [2.75, 3.05) is 19.6 Å². The van der Waals surface area contributed by atoms with Gasteiger partial charge in [-0.25, -0.2) is 4.98 Å². The van der Waals surface area contributed by atoms with Crippen LogP contribution in [-0.4, -0.2) is 34.5 Å². The fourth-order valence-corrected chi connectivity index (χ4v) is 3.61. The standard InChI is InChI=1S/C22H26F3N3/c1-3-28(4-2)12-8-7-10-16-9-5-6-11-18(16)19-13-17(22(23,24)25)14-20-21(19)27-15-26-20/h5-6,9,11,13-15H,3-4,7-8,10,12H2,1-2H3,(H,26,27). The number of unbranched alkanes of at least 4 members (excludes halogenated alkanes) is 1. The van der Waals surface area contributed by atoms with Gasteiger partial charge in [-0.2, -0.15) is 13.2 Å². The molecule has 3 aromatic rings. The van der Waals surface area contributed by atoms with Gasteiger partial charge in [-0.05, 0) is 62.2 Å². The van der Waals surface area contributed by atoms with E-state index in [0.29, 0.717) is 16.6 Å². The maximum Gasteiger partial charge on any atom is 0.416 e. The highest BCUT2D eigenvalue weighted by molar-refractivity contribution is 5.93. The summed E-state index contributed by atoms with van der Waals surface area (Å²) in [4.78, 5) is 9.45. The van der Waals surface area contributed by atoms with E-state index in [4.69, 9.17) is 0 Å². The number of aromatic amines is 1. The summed E-state index contributed by atoms with van der Waals surface area (Å²) in [6, 6.07) is 10.1. The molecule has 0 atom stereocenters. The number of alkyl halides is 3. The molecule has 0 aliphatic carbocycles. The minimum Gasteiger partial charge on any atom is -0.344 e. The van der Waals surface area contributed by atoms with E-state index in [0.717, 1.165) is 56.1 Å². The van der Waals surface area contributed by atoms with Crippen molar-refractivity contribution in [2.45, 2.75) is 39.3 Å². The molecule has 3 rings (SSSR count). The Bertz CT molecular complexity index is 911. The molecule has 1 heterocycles. The lowest BCUT2D eigenvalue weighted by Crippen LogP contribution is -2.23. The average Bonchev–Trinajstić information content (AvgIpc) is 3.16. The first-order chi connectivity index (χ1) is 13.4. The van der Waals surface area contributed by atoms with E-state index in [-0.39, 0.29) is 0 Å². The van der Waals surface area contributed by atoms with Gasteiger partial charge in [0.05, 0.1) is 22.9 Å². The molecule has 0 aliphatic heterocycles. The molecule has 28 heavy (non-hydrogen) atoms. The number of H-pyrrole nitrogens is 1. The van der Waals surface area contributed by atoms with Crippen molar-refractivity contribution in [2.24, 2.45) is 0 Å². The molecule has 0 bridgehead atoms. The minimum absolute atomic E-state index is 0.334. The van der Waals surface area contributed by atoms with E-state index in [9.17, 15) is 13.2 Å². The van der Waals surface area contributed by atoms with E-state index in [1.54, 1.807) is 0 Å². The molecule has 0 unspecified atom stereocenters. The number of fused-ring (bicyclic) bond motifs is 1. The monoisotopic (exact) mass is 389 g/mol. The molecule has 1 aromatic heterocycles. The molecule has 0 radical (unpaired) electrons. The van der Waals surface area contributed by atoms with Gasteiger partial charge in [0.2, 0.25) is 0 Å². The van der Waals surface area contributed by atoms with Crippen LogP contribution < -0.4 is 0 Å². The number of rotatable bonds is 8. The topological polar surface area (TPSA) is 31.9 Å². The quantitative estimate of drug-likeness (QED) is 0.486. The number of hydrogen-bond acceptors (Lipinski definition) is 2. The maximum atomic E-state index is 13.4. The first-order valence-corrected chi connectivity index (χ1v) is 9.79. The fraction of sp³-hybridized carbons (Fsp3) is 0.409. The van der Waals surface area contributed by atoms with Gasteiger partial charge in [-0.15, -0.1) is 0 Å². The molecule has 0 aliphatic rings. The second-order valence-corrected chi connectivity index (χ2v) is 6.96. The second kappa shape index (κ2) is 8.78. The first kappa shape index (κ1) is 20.4. The summed E-state index contributed by atoms with van der Waals surface area (Å²) in [5.41, 5.74) is 2.77. The molecule has 6 heteroatoms. The zero-order valence-electron chi connectivity index (χ0n) is 16.3. The highest BCUT2D eigenvalue weighted by Gasteiger charge is 2.32.